The number of hydrogen-bond acceptors (Lipinski definition) is 4. The van der Waals surface area contributed by atoms with Crippen molar-refractivity contribution < 1.29 is 18.0 Å². The fraction of sp³-hybridized carbons (Fsp3) is 0.333. The van der Waals surface area contributed by atoms with Crippen LogP contribution in [0.3, 0.4) is 0 Å². The van der Waals surface area contributed by atoms with E-state index in [9.17, 15) is 18.0 Å². The predicted molar refractivity (Wildman–Crippen MR) is 84.5 cm³/mol. The van der Waals surface area contributed by atoms with E-state index in [2.05, 4.69) is 10.4 Å². The molecule has 2 aromatic rings. The third-order valence-corrected chi connectivity index (χ3v) is 3.60. The van der Waals surface area contributed by atoms with Gasteiger partial charge in [0.25, 0.3) is 5.91 Å². The van der Waals surface area contributed by atoms with Crippen molar-refractivity contribution in [2.24, 2.45) is 5.73 Å². The van der Waals surface area contributed by atoms with Crippen LogP contribution in [-0.2, 0) is 6.18 Å². The van der Waals surface area contributed by atoms with E-state index < -0.39 is 17.6 Å². The van der Waals surface area contributed by atoms with E-state index in [-0.39, 0.29) is 17.4 Å². The highest BCUT2D eigenvalue weighted by Gasteiger charge is 2.30. The molecule has 0 saturated carbocycles. The fourth-order valence-electron chi connectivity index (χ4n) is 2.33. The highest BCUT2D eigenvalue weighted by Crippen LogP contribution is 2.30. The van der Waals surface area contributed by atoms with Gasteiger partial charge in [-0.2, -0.15) is 18.3 Å². The Bertz CT molecular complexity index is 737. The van der Waals surface area contributed by atoms with E-state index in [1.165, 1.54) is 16.8 Å². The molecule has 0 aliphatic carbocycles. The van der Waals surface area contributed by atoms with Gasteiger partial charge in [0, 0.05) is 12.2 Å². The van der Waals surface area contributed by atoms with E-state index in [1.54, 1.807) is 6.92 Å². The van der Waals surface area contributed by atoms with Crippen molar-refractivity contribution in [3.63, 3.8) is 0 Å². The lowest BCUT2D eigenvalue weighted by atomic mass is 10.2. The Morgan fingerprint density at radius 3 is 2.38 bits per heavy atom. The first-order valence-corrected chi connectivity index (χ1v) is 7.16. The average Bonchev–Trinajstić information content (AvgIpc) is 2.79. The second-order valence-corrected chi connectivity index (χ2v) is 5.46. The molecule has 0 fully saturated rings. The molecular formula is C15H18F3N5O. The molecule has 0 aliphatic rings. The minimum Gasteiger partial charge on any atom is -0.383 e. The third kappa shape index (κ3) is 3.61. The predicted octanol–water partition coefficient (Wildman–Crippen LogP) is 2.56. The fourth-order valence-corrected chi connectivity index (χ4v) is 2.33. The molecule has 1 unspecified atom stereocenters. The Balaban J connectivity index is 2.07. The third-order valence-electron chi connectivity index (χ3n) is 3.60. The number of nitrogens with one attached hydrogen (secondary N) is 1. The summed E-state index contributed by atoms with van der Waals surface area (Å²) in [6, 6.07) is 4.47. The summed E-state index contributed by atoms with van der Waals surface area (Å²) in [6.45, 7) is 3.79. The van der Waals surface area contributed by atoms with E-state index in [0.29, 0.717) is 17.9 Å². The molecule has 2 rings (SSSR count). The van der Waals surface area contributed by atoms with E-state index in [1.807, 2.05) is 6.92 Å². The Kier molecular flexibility index (Phi) is 4.72. The molecular weight excluding hydrogens is 323 g/mol. The van der Waals surface area contributed by atoms with E-state index >= 15 is 0 Å². The Hall–Kier alpha value is -2.71. The highest BCUT2D eigenvalue weighted by atomic mass is 19.4. The van der Waals surface area contributed by atoms with Gasteiger partial charge < -0.3 is 16.8 Å². The smallest absolute Gasteiger partial charge is 0.383 e. The number of anilines is 2. The molecule has 6 nitrogen and oxygen atoms in total. The molecule has 1 heterocycles. The zero-order valence-electron chi connectivity index (χ0n) is 13.2. The van der Waals surface area contributed by atoms with Crippen molar-refractivity contribution >= 4 is 17.4 Å². The standard InChI is InChI=1S/C15H18F3N5O/c1-8(23-13(19)12(14(20)24)9(2)22-23)7-21-11-5-3-10(4-6-11)15(16,17)18/h3-6,8,21H,7,19H2,1-2H3,(H2,20,24). The van der Waals surface area contributed by atoms with Gasteiger partial charge >= 0.3 is 6.18 Å². The molecule has 130 valence electrons. The molecule has 5 N–H and O–H groups in total. The summed E-state index contributed by atoms with van der Waals surface area (Å²) in [5.41, 5.74) is 11.6. The van der Waals surface area contributed by atoms with Crippen LogP contribution in [-0.4, -0.2) is 22.2 Å². The van der Waals surface area contributed by atoms with Gasteiger partial charge in [0.1, 0.15) is 11.4 Å². The first kappa shape index (κ1) is 17.6. The van der Waals surface area contributed by atoms with Gasteiger partial charge in [-0.05, 0) is 38.1 Å². The maximum Gasteiger partial charge on any atom is 0.416 e. The van der Waals surface area contributed by atoms with Gasteiger partial charge in [-0.3, -0.25) is 4.79 Å². The number of primary amides is 1. The van der Waals surface area contributed by atoms with Gasteiger partial charge in [-0.25, -0.2) is 4.68 Å². The van der Waals surface area contributed by atoms with Gasteiger partial charge in [0.15, 0.2) is 0 Å². The van der Waals surface area contributed by atoms with Crippen molar-refractivity contribution in [2.75, 3.05) is 17.6 Å². The summed E-state index contributed by atoms with van der Waals surface area (Å²) in [5.74, 6) is -0.485. The summed E-state index contributed by atoms with van der Waals surface area (Å²) in [6.07, 6.45) is -4.36. The maximum atomic E-state index is 12.5. The Morgan fingerprint density at radius 1 is 1.33 bits per heavy atom. The second kappa shape index (κ2) is 6.42. The topological polar surface area (TPSA) is 99.0 Å². The normalized spacial score (nSPS) is 12.9. The van der Waals surface area contributed by atoms with Crippen LogP contribution in [0.15, 0.2) is 24.3 Å². The van der Waals surface area contributed by atoms with Crippen LogP contribution in [0.25, 0.3) is 0 Å². The Morgan fingerprint density at radius 2 is 1.92 bits per heavy atom. The number of benzene rings is 1. The van der Waals surface area contributed by atoms with E-state index in [4.69, 9.17) is 11.5 Å². The Labute approximate surface area is 136 Å². The molecule has 24 heavy (non-hydrogen) atoms. The molecule has 0 spiro atoms. The number of nitrogens with two attached hydrogens (primary N) is 2. The summed E-state index contributed by atoms with van der Waals surface area (Å²) in [7, 11) is 0. The molecule has 9 heteroatoms. The van der Waals surface area contributed by atoms with Crippen molar-refractivity contribution in [2.45, 2.75) is 26.1 Å². The zero-order valence-corrected chi connectivity index (χ0v) is 13.2. The van der Waals surface area contributed by atoms with Crippen LogP contribution in [0.1, 0.15) is 34.6 Å². The van der Waals surface area contributed by atoms with Crippen LogP contribution >= 0.6 is 0 Å². The minimum atomic E-state index is -4.36. The first-order valence-electron chi connectivity index (χ1n) is 7.16. The summed E-state index contributed by atoms with van der Waals surface area (Å²) in [4.78, 5) is 11.4. The number of nitrogens with zero attached hydrogens (tertiary/aromatic N) is 2. The molecule has 0 aliphatic heterocycles. The lowest BCUT2D eigenvalue weighted by molar-refractivity contribution is -0.137. The highest BCUT2D eigenvalue weighted by molar-refractivity contribution is 5.98. The van der Waals surface area contributed by atoms with Crippen LogP contribution in [0, 0.1) is 6.92 Å². The number of aryl methyl sites for hydroxylation is 1. The van der Waals surface area contributed by atoms with Crippen LogP contribution in [0.2, 0.25) is 0 Å². The second-order valence-electron chi connectivity index (χ2n) is 5.46. The van der Waals surface area contributed by atoms with Gasteiger partial charge in [-0.1, -0.05) is 0 Å². The monoisotopic (exact) mass is 341 g/mol. The molecule has 1 aromatic heterocycles. The largest absolute Gasteiger partial charge is 0.416 e. The molecule has 1 aromatic carbocycles. The quantitative estimate of drug-likeness (QED) is 0.778. The van der Waals surface area contributed by atoms with Gasteiger partial charge in [0.05, 0.1) is 17.3 Å². The van der Waals surface area contributed by atoms with Crippen LogP contribution in [0.4, 0.5) is 24.7 Å². The number of hydrogen-bond donors (Lipinski definition) is 3. The lowest BCUT2D eigenvalue weighted by Gasteiger charge is -2.16. The molecule has 1 amide bonds. The minimum absolute atomic E-state index is 0.168. The van der Waals surface area contributed by atoms with Crippen molar-refractivity contribution in [1.29, 1.82) is 0 Å². The number of alkyl halides is 3. The van der Waals surface area contributed by atoms with E-state index in [0.717, 1.165) is 12.1 Å². The van der Waals surface area contributed by atoms with Gasteiger partial charge in [-0.15, -0.1) is 0 Å². The number of amides is 1. The summed E-state index contributed by atoms with van der Waals surface area (Å²) >= 11 is 0. The van der Waals surface area contributed by atoms with Gasteiger partial charge in [0.2, 0.25) is 0 Å². The molecule has 1 atom stereocenters. The number of nitrogen functional groups attached to an aromatic ring is 1. The number of carbonyl (C=O) groups is 1. The van der Waals surface area contributed by atoms with Crippen molar-refractivity contribution in [1.82, 2.24) is 9.78 Å². The first-order chi connectivity index (χ1) is 11.1. The summed E-state index contributed by atoms with van der Waals surface area (Å²) in [5, 5.41) is 7.20. The lowest BCUT2D eigenvalue weighted by Crippen LogP contribution is -2.20. The van der Waals surface area contributed by atoms with Crippen LogP contribution < -0.4 is 16.8 Å². The maximum absolute atomic E-state index is 12.5. The average molecular weight is 341 g/mol. The van der Waals surface area contributed by atoms with Crippen molar-refractivity contribution in [3.05, 3.63) is 41.1 Å². The van der Waals surface area contributed by atoms with Crippen LogP contribution in [0.5, 0.6) is 0 Å². The summed E-state index contributed by atoms with van der Waals surface area (Å²) < 4.78 is 39.0. The van der Waals surface area contributed by atoms with Crippen molar-refractivity contribution in [3.8, 4) is 0 Å². The number of rotatable bonds is 5. The molecule has 0 saturated heterocycles. The SMILES string of the molecule is Cc1nn(C(C)CNc2ccc(C(F)(F)F)cc2)c(N)c1C(N)=O. The molecule has 0 bridgehead atoms. The molecule has 0 radical (unpaired) electrons. The number of aromatic nitrogens is 2. The zero-order chi connectivity index (χ0) is 18.1. The number of halogens is 3. The number of carbonyl (C=O) groups excluding carboxylic acids is 1.